The molecule has 0 aliphatic carbocycles. The van der Waals surface area contributed by atoms with Crippen LogP contribution >= 0.6 is 24.0 Å². The van der Waals surface area contributed by atoms with Gasteiger partial charge in [0.25, 0.3) is 5.91 Å². The molecular weight excluding hydrogens is 516 g/mol. The Labute approximate surface area is 197 Å². The number of nitrogens with zero attached hydrogens (tertiary/aromatic N) is 3. The fraction of sp³-hybridized carbons (Fsp3) is 0.381. The highest BCUT2D eigenvalue weighted by Crippen LogP contribution is 2.12. The Hall–Kier alpha value is -2.63. The molecule has 31 heavy (non-hydrogen) atoms. The van der Waals surface area contributed by atoms with Gasteiger partial charge in [-0.3, -0.25) is 14.6 Å². The summed E-state index contributed by atoms with van der Waals surface area (Å²) in [6.07, 6.45) is 1.89. The Kier molecular flexibility index (Phi) is 9.28. The van der Waals surface area contributed by atoms with Gasteiger partial charge in [0.05, 0.1) is 12.2 Å². The number of carbonyl (C=O) groups is 2. The number of halogens is 2. The first-order chi connectivity index (χ1) is 14.5. The molecule has 1 fully saturated rings. The second-order valence-electron chi connectivity index (χ2n) is 7.11. The monoisotopic (exact) mass is 543 g/mol. The van der Waals surface area contributed by atoms with Gasteiger partial charge in [0.2, 0.25) is 5.91 Å². The van der Waals surface area contributed by atoms with Gasteiger partial charge in [-0.25, -0.2) is 4.39 Å². The van der Waals surface area contributed by atoms with Crippen molar-refractivity contribution in [3.63, 3.8) is 0 Å². The van der Waals surface area contributed by atoms with Crippen molar-refractivity contribution < 1.29 is 18.4 Å². The van der Waals surface area contributed by atoms with Gasteiger partial charge in [-0.15, -0.1) is 24.0 Å². The molecule has 1 saturated heterocycles. The lowest BCUT2D eigenvalue weighted by Gasteiger charge is -2.36. The molecule has 0 radical (unpaired) electrons. The fourth-order valence-corrected chi connectivity index (χ4v) is 3.40. The number of nitrogens with two attached hydrogens (primary N) is 1. The molecule has 0 saturated carbocycles. The van der Waals surface area contributed by atoms with E-state index in [4.69, 9.17) is 10.2 Å². The van der Waals surface area contributed by atoms with Crippen molar-refractivity contribution >= 4 is 41.8 Å². The summed E-state index contributed by atoms with van der Waals surface area (Å²) in [6, 6.07) is 9.37. The van der Waals surface area contributed by atoms with Crippen LogP contribution in [0.3, 0.4) is 0 Å². The molecule has 2 aromatic rings. The van der Waals surface area contributed by atoms with Crippen LogP contribution in [0, 0.1) is 11.7 Å². The SMILES string of the molecule is CN=C(NCC(Cc1ccc(F)cc1)C(N)=O)N1CCN(C(=O)c2ccco2)CC1.I. The predicted molar refractivity (Wildman–Crippen MR) is 126 cm³/mol. The molecule has 1 aromatic carbocycles. The lowest BCUT2D eigenvalue weighted by atomic mass is 9.98. The number of piperazine rings is 1. The summed E-state index contributed by atoms with van der Waals surface area (Å²) in [5, 5.41) is 3.20. The third kappa shape index (κ3) is 6.68. The molecule has 0 spiro atoms. The van der Waals surface area contributed by atoms with Crippen molar-refractivity contribution in [1.29, 1.82) is 0 Å². The summed E-state index contributed by atoms with van der Waals surface area (Å²) >= 11 is 0. The lowest BCUT2D eigenvalue weighted by molar-refractivity contribution is -0.121. The predicted octanol–water partition coefficient (Wildman–Crippen LogP) is 1.71. The molecule has 1 aliphatic rings. The van der Waals surface area contributed by atoms with Crippen LogP contribution in [0.1, 0.15) is 16.1 Å². The summed E-state index contributed by atoms with van der Waals surface area (Å²) in [6.45, 7) is 2.59. The minimum Gasteiger partial charge on any atom is -0.459 e. The number of benzene rings is 1. The maximum absolute atomic E-state index is 13.1. The fourth-order valence-electron chi connectivity index (χ4n) is 3.40. The molecular formula is C21H27FIN5O3. The van der Waals surface area contributed by atoms with E-state index >= 15 is 0 Å². The Morgan fingerprint density at radius 3 is 2.35 bits per heavy atom. The van der Waals surface area contributed by atoms with Gasteiger partial charge in [-0.05, 0) is 36.2 Å². The smallest absolute Gasteiger partial charge is 0.289 e. The second-order valence-corrected chi connectivity index (χ2v) is 7.11. The Bertz CT molecular complexity index is 881. The van der Waals surface area contributed by atoms with Crippen LogP contribution in [0.25, 0.3) is 0 Å². The molecule has 1 aromatic heterocycles. The van der Waals surface area contributed by atoms with Crippen molar-refractivity contribution in [3.05, 3.63) is 59.8 Å². The van der Waals surface area contributed by atoms with E-state index in [-0.39, 0.29) is 35.7 Å². The first kappa shape index (κ1) is 24.6. The third-order valence-corrected chi connectivity index (χ3v) is 5.11. The summed E-state index contributed by atoms with van der Waals surface area (Å²) < 4.78 is 18.3. The maximum atomic E-state index is 13.1. The Balaban J connectivity index is 0.00000341. The Morgan fingerprint density at radius 1 is 1.16 bits per heavy atom. The highest BCUT2D eigenvalue weighted by Gasteiger charge is 2.26. The van der Waals surface area contributed by atoms with Gasteiger partial charge in [0.1, 0.15) is 5.82 Å². The molecule has 168 valence electrons. The number of hydrogen-bond donors (Lipinski definition) is 2. The molecule has 2 heterocycles. The average molecular weight is 543 g/mol. The van der Waals surface area contributed by atoms with Crippen LogP contribution in [-0.2, 0) is 11.2 Å². The quantitative estimate of drug-likeness (QED) is 0.328. The zero-order chi connectivity index (χ0) is 21.5. The molecule has 8 nitrogen and oxygen atoms in total. The summed E-state index contributed by atoms with van der Waals surface area (Å²) in [5.74, 6) is -0.375. The molecule has 3 rings (SSSR count). The van der Waals surface area contributed by atoms with Gasteiger partial charge < -0.3 is 25.3 Å². The number of hydrogen-bond acceptors (Lipinski definition) is 4. The van der Waals surface area contributed by atoms with E-state index < -0.39 is 11.8 Å². The summed E-state index contributed by atoms with van der Waals surface area (Å²) in [5.41, 5.74) is 6.39. The topological polar surface area (TPSA) is 104 Å². The minimum absolute atomic E-state index is 0. The average Bonchev–Trinajstić information content (AvgIpc) is 3.29. The van der Waals surface area contributed by atoms with Gasteiger partial charge >= 0.3 is 0 Å². The first-order valence-corrected chi connectivity index (χ1v) is 9.80. The van der Waals surface area contributed by atoms with Crippen LogP contribution in [0.5, 0.6) is 0 Å². The number of amides is 2. The summed E-state index contributed by atoms with van der Waals surface area (Å²) in [7, 11) is 1.67. The first-order valence-electron chi connectivity index (χ1n) is 9.80. The normalized spacial score (nSPS) is 15.2. The zero-order valence-electron chi connectivity index (χ0n) is 17.3. The van der Waals surface area contributed by atoms with Crippen molar-refractivity contribution in [2.75, 3.05) is 39.8 Å². The van der Waals surface area contributed by atoms with E-state index in [0.29, 0.717) is 50.9 Å². The van der Waals surface area contributed by atoms with E-state index in [2.05, 4.69) is 10.3 Å². The van der Waals surface area contributed by atoms with Gasteiger partial charge in [0, 0.05) is 39.8 Å². The largest absolute Gasteiger partial charge is 0.459 e. The van der Waals surface area contributed by atoms with E-state index in [9.17, 15) is 14.0 Å². The van der Waals surface area contributed by atoms with E-state index in [1.807, 2.05) is 4.90 Å². The highest BCUT2D eigenvalue weighted by atomic mass is 127. The number of nitrogens with one attached hydrogen (secondary N) is 1. The van der Waals surface area contributed by atoms with Gasteiger partial charge in [0.15, 0.2) is 11.7 Å². The molecule has 3 N–H and O–H groups in total. The molecule has 10 heteroatoms. The van der Waals surface area contributed by atoms with Crippen LogP contribution < -0.4 is 11.1 Å². The molecule has 2 amide bonds. The molecule has 0 bridgehead atoms. The van der Waals surface area contributed by atoms with Crippen LogP contribution in [0.4, 0.5) is 4.39 Å². The van der Waals surface area contributed by atoms with Crippen LogP contribution in [-0.4, -0.2) is 67.3 Å². The van der Waals surface area contributed by atoms with E-state index in [0.717, 1.165) is 5.56 Å². The lowest BCUT2D eigenvalue weighted by Crippen LogP contribution is -2.54. The van der Waals surface area contributed by atoms with Crippen molar-refractivity contribution in [3.8, 4) is 0 Å². The molecule has 1 atom stereocenters. The molecule has 1 unspecified atom stereocenters. The molecule has 1 aliphatic heterocycles. The van der Waals surface area contributed by atoms with Crippen molar-refractivity contribution in [1.82, 2.24) is 15.1 Å². The third-order valence-electron chi connectivity index (χ3n) is 5.11. The zero-order valence-corrected chi connectivity index (χ0v) is 19.6. The number of carbonyl (C=O) groups excluding carboxylic acids is 2. The van der Waals surface area contributed by atoms with Crippen LogP contribution in [0.2, 0.25) is 0 Å². The van der Waals surface area contributed by atoms with Crippen molar-refractivity contribution in [2.24, 2.45) is 16.6 Å². The number of guanidine groups is 1. The standard InChI is InChI=1S/C21H26FN5O3.HI/c1-24-21(25-14-16(19(23)28)13-15-4-6-17(22)7-5-15)27-10-8-26(9-11-27)20(29)18-3-2-12-30-18;/h2-7,12,16H,8-11,13-14H2,1H3,(H2,23,28)(H,24,25);1H. The van der Waals surface area contributed by atoms with Gasteiger partial charge in [-0.1, -0.05) is 12.1 Å². The van der Waals surface area contributed by atoms with Crippen molar-refractivity contribution in [2.45, 2.75) is 6.42 Å². The minimum atomic E-state index is -0.464. The number of furan rings is 1. The number of rotatable bonds is 6. The number of aliphatic imine (C=N–C) groups is 1. The van der Waals surface area contributed by atoms with E-state index in [1.165, 1.54) is 18.4 Å². The number of primary amides is 1. The summed E-state index contributed by atoms with van der Waals surface area (Å²) in [4.78, 5) is 32.3. The highest BCUT2D eigenvalue weighted by molar-refractivity contribution is 14.0. The van der Waals surface area contributed by atoms with E-state index in [1.54, 1.807) is 36.2 Å². The van der Waals surface area contributed by atoms with Crippen LogP contribution in [0.15, 0.2) is 52.1 Å². The second kappa shape index (κ2) is 11.7. The van der Waals surface area contributed by atoms with Gasteiger partial charge in [-0.2, -0.15) is 0 Å². The maximum Gasteiger partial charge on any atom is 0.289 e. The Morgan fingerprint density at radius 2 is 1.81 bits per heavy atom.